The molecule has 2 aromatic carbocycles. The predicted molar refractivity (Wildman–Crippen MR) is 110 cm³/mol. The van der Waals surface area contributed by atoms with Crippen molar-refractivity contribution in [2.45, 2.75) is 37.5 Å². The van der Waals surface area contributed by atoms with Crippen LogP contribution >= 0.6 is 0 Å². The molecule has 2 heterocycles. The van der Waals surface area contributed by atoms with Crippen LogP contribution < -0.4 is 9.47 Å². The first kappa shape index (κ1) is 20.8. The van der Waals surface area contributed by atoms with Crippen LogP contribution in [0.3, 0.4) is 0 Å². The second kappa shape index (κ2) is 8.00. The number of piperidine rings is 1. The molecule has 6 nitrogen and oxygen atoms in total. The highest BCUT2D eigenvalue weighted by atomic mass is 32.2. The van der Waals surface area contributed by atoms with E-state index in [9.17, 15) is 17.6 Å². The number of ether oxygens (including phenoxy) is 2. The van der Waals surface area contributed by atoms with Gasteiger partial charge in [0, 0.05) is 32.0 Å². The summed E-state index contributed by atoms with van der Waals surface area (Å²) in [7, 11) is -3.54. The van der Waals surface area contributed by atoms with E-state index in [2.05, 4.69) is 0 Å². The summed E-state index contributed by atoms with van der Waals surface area (Å²) in [6, 6.07) is 10.7. The molecule has 1 fully saturated rings. The highest BCUT2D eigenvalue weighted by Crippen LogP contribution is 2.41. The lowest BCUT2D eigenvalue weighted by Crippen LogP contribution is -2.52. The number of benzene rings is 2. The third-order valence-electron chi connectivity index (χ3n) is 5.66. The van der Waals surface area contributed by atoms with Crippen LogP contribution in [0, 0.1) is 5.82 Å². The molecule has 8 heteroatoms. The second-order valence-electron chi connectivity index (χ2n) is 7.76. The maximum absolute atomic E-state index is 13.1. The fourth-order valence-electron chi connectivity index (χ4n) is 4.06. The van der Waals surface area contributed by atoms with Crippen molar-refractivity contribution in [3.05, 3.63) is 59.4 Å². The van der Waals surface area contributed by atoms with E-state index < -0.39 is 21.4 Å². The van der Waals surface area contributed by atoms with Gasteiger partial charge in [-0.25, -0.2) is 17.1 Å². The molecule has 0 unspecified atom stereocenters. The Bertz CT molecular complexity index is 1040. The van der Waals surface area contributed by atoms with Crippen molar-refractivity contribution < 1.29 is 27.1 Å². The highest BCUT2D eigenvalue weighted by Gasteiger charge is 2.44. The Balaban J connectivity index is 1.46. The van der Waals surface area contributed by atoms with E-state index in [-0.39, 0.29) is 31.0 Å². The van der Waals surface area contributed by atoms with Crippen LogP contribution in [0.2, 0.25) is 0 Å². The Morgan fingerprint density at radius 2 is 1.83 bits per heavy atom. The van der Waals surface area contributed by atoms with E-state index in [0.29, 0.717) is 42.1 Å². The second-order valence-corrected chi connectivity index (χ2v) is 9.73. The van der Waals surface area contributed by atoms with Crippen LogP contribution in [0.15, 0.2) is 42.5 Å². The summed E-state index contributed by atoms with van der Waals surface area (Å²) in [5.41, 5.74) is 0.380. The molecule has 30 heavy (non-hydrogen) atoms. The fraction of sp³-hybridized carbons (Fsp3) is 0.409. The van der Waals surface area contributed by atoms with Gasteiger partial charge in [-0.1, -0.05) is 12.1 Å². The van der Waals surface area contributed by atoms with Crippen molar-refractivity contribution in [1.29, 1.82) is 0 Å². The molecule has 160 valence electrons. The Morgan fingerprint density at radius 3 is 2.50 bits per heavy atom. The number of Topliss-reactive ketones (excluding diaryl/α,β-unsaturated/α-hetero) is 1. The molecular weight excluding hydrogens is 409 g/mol. The molecule has 1 saturated heterocycles. The number of halogens is 1. The third-order valence-corrected chi connectivity index (χ3v) is 7.51. The average molecular weight is 434 g/mol. The standard InChI is InChI=1S/C22H24FNO5S/c1-2-28-18-7-8-19-20(25)14-22(29-21(19)13-18)9-11-24(12-10-22)30(26,27)15-16-3-5-17(23)6-4-16/h3-8,13H,2,9-12,14-15H2,1H3. The zero-order chi connectivity index (χ0) is 21.4. The minimum absolute atomic E-state index is 0.00178. The first-order valence-electron chi connectivity index (χ1n) is 10.0. The summed E-state index contributed by atoms with van der Waals surface area (Å²) in [5.74, 6) is 0.561. The molecule has 0 amide bonds. The number of ketones is 1. The quantitative estimate of drug-likeness (QED) is 0.721. The number of fused-ring (bicyclic) bond motifs is 1. The smallest absolute Gasteiger partial charge is 0.218 e. The molecule has 2 aliphatic heterocycles. The highest BCUT2D eigenvalue weighted by molar-refractivity contribution is 7.88. The van der Waals surface area contributed by atoms with Crippen molar-refractivity contribution in [2.24, 2.45) is 0 Å². The third kappa shape index (κ3) is 4.20. The zero-order valence-electron chi connectivity index (χ0n) is 16.8. The minimum Gasteiger partial charge on any atom is -0.494 e. The number of sulfonamides is 1. The number of hydrogen-bond donors (Lipinski definition) is 0. The first-order chi connectivity index (χ1) is 14.3. The summed E-state index contributed by atoms with van der Waals surface area (Å²) in [6.07, 6.45) is 1.10. The lowest BCUT2D eigenvalue weighted by atomic mass is 9.83. The monoisotopic (exact) mass is 433 g/mol. The maximum Gasteiger partial charge on any atom is 0.218 e. The Morgan fingerprint density at radius 1 is 1.13 bits per heavy atom. The molecule has 0 aromatic heterocycles. The van der Waals surface area contributed by atoms with E-state index in [4.69, 9.17) is 9.47 Å². The Hall–Kier alpha value is -2.45. The summed E-state index contributed by atoms with van der Waals surface area (Å²) in [5, 5.41) is 0. The first-order valence-corrected chi connectivity index (χ1v) is 11.6. The molecule has 4 rings (SSSR count). The topological polar surface area (TPSA) is 72.9 Å². The number of carbonyl (C=O) groups excluding carboxylic acids is 1. The van der Waals surface area contributed by atoms with Crippen LogP contribution in [0.5, 0.6) is 11.5 Å². The van der Waals surface area contributed by atoms with Crippen LogP contribution in [0.25, 0.3) is 0 Å². The van der Waals surface area contributed by atoms with Gasteiger partial charge in [-0.3, -0.25) is 4.79 Å². The van der Waals surface area contributed by atoms with Crippen molar-refractivity contribution in [3.8, 4) is 11.5 Å². The molecule has 0 N–H and O–H groups in total. The predicted octanol–water partition coefficient (Wildman–Crippen LogP) is 3.55. The van der Waals surface area contributed by atoms with E-state index in [1.54, 1.807) is 18.2 Å². The van der Waals surface area contributed by atoms with E-state index in [1.165, 1.54) is 28.6 Å². The number of hydrogen-bond acceptors (Lipinski definition) is 5. The van der Waals surface area contributed by atoms with Crippen molar-refractivity contribution in [2.75, 3.05) is 19.7 Å². The molecule has 0 atom stereocenters. The lowest BCUT2D eigenvalue weighted by Gasteiger charge is -2.43. The Kier molecular flexibility index (Phi) is 5.55. The van der Waals surface area contributed by atoms with Crippen LogP contribution in [-0.4, -0.2) is 43.8 Å². The van der Waals surface area contributed by atoms with E-state index >= 15 is 0 Å². The van der Waals surface area contributed by atoms with Gasteiger partial charge in [0.15, 0.2) is 5.78 Å². The number of carbonyl (C=O) groups is 1. The molecule has 2 aromatic rings. The average Bonchev–Trinajstić information content (AvgIpc) is 2.70. The maximum atomic E-state index is 13.1. The Labute approximate surface area is 175 Å². The largest absolute Gasteiger partial charge is 0.494 e. The zero-order valence-corrected chi connectivity index (χ0v) is 17.6. The fourth-order valence-corrected chi connectivity index (χ4v) is 5.60. The SMILES string of the molecule is CCOc1ccc2c(c1)OC1(CCN(S(=O)(=O)Cc3ccc(F)cc3)CC1)CC2=O. The number of nitrogens with zero attached hydrogens (tertiary/aromatic N) is 1. The minimum atomic E-state index is -3.54. The molecular formula is C22H24FNO5S. The lowest BCUT2D eigenvalue weighted by molar-refractivity contribution is 0.00574. The summed E-state index contributed by atoms with van der Waals surface area (Å²) >= 11 is 0. The molecule has 0 radical (unpaired) electrons. The van der Waals surface area contributed by atoms with Gasteiger partial charge in [-0.15, -0.1) is 0 Å². The van der Waals surface area contributed by atoms with Gasteiger partial charge < -0.3 is 9.47 Å². The molecule has 0 saturated carbocycles. The normalized spacial score (nSPS) is 18.7. The van der Waals surface area contributed by atoms with Gasteiger partial charge in [0.05, 0.1) is 24.3 Å². The molecule has 0 aliphatic carbocycles. The van der Waals surface area contributed by atoms with Crippen molar-refractivity contribution in [1.82, 2.24) is 4.31 Å². The van der Waals surface area contributed by atoms with Gasteiger partial charge in [0.25, 0.3) is 0 Å². The van der Waals surface area contributed by atoms with Crippen molar-refractivity contribution in [3.63, 3.8) is 0 Å². The summed E-state index contributed by atoms with van der Waals surface area (Å²) < 4.78 is 51.9. The van der Waals surface area contributed by atoms with Crippen LogP contribution in [-0.2, 0) is 15.8 Å². The van der Waals surface area contributed by atoms with Gasteiger partial charge in [-0.05, 0) is 36.8 Å². The summed E-state index contributed by atoms with van der Waals surface area (Å²) in [6.45, 7) is 2.95. The van der Waals surface area contributed by atoms with Crippen LogP contribution in [0.1, 0.15) is 42.1 Å². The van der Waals surface area contributed by atoms with Gasteiger partial charge in [-0.2, -0.15) is 0 Å². The van der Waals surface area contributed by atoms with Gasteiger partial charge in [0.1, 0.15) is 22.9 Å². The van der Waals surface area contributed by atoms with Crippen molar-refractivity contribution >= 4 is 15.8 Å². The molecule has 1 spiro atoms. The summed E-state index contributed by atoms with van der Waals surface area (Å²) in [4.78, 5) is 12.7. The molecule has 2 aliphatic rings. The number of rotatable bonds is 5. The van der Waals surface area contributed by atoms with E-state index in [1.807, 2.05) is 6.92 Å². The molecule has 0 bridgehead atoms. The van der Waals surface area contributed by atoms with E-state index in [0.717, 1.165) is 0 Å². The van der Waals surface area contributed by atoms with Gasteiger partial charge in [0.2, 0.25) is 10.0 Å². The van der Waals surface area contributed by atoms with Gasteiger partial charge >= 0.3 is 0 Å². The van der Waals surface area contributed by atoms with Crippen LogP contribution in [0.4, 0.5) is 4.39 Å².